The summed E-state index contributed by atoms with van der Waals surface area (Å²) in [6, 6.07) is 0. The second-order valence-electron chi connectivity index (χ2n) is 6.19. The molecule has 0 amide bonds. The standard InChI is InChI=1S/C14H26O.C3H6/c1-4-5-6-7-8-12-11-13(15)9-10-14(12,2)3;1-3-2/h12H,4-11H2,1-3H3;3H,1H2,2H3. The normalized spacial score (nSPS) is 22.0. The quantitative estimate of drug-likeness (QED) is 0.463. The number of unbranched alkanes of at least 4 members (excludes halogenated alkanes) is 3. The molecule has 0 aromatic heterocycles. The number of ketones is 1. The van der Waals surface area contributed by atoms with Crippen molar-refractivity contribution in [3.63, 3.8) is 0 Å². The summed E-state index contributed by atoms with van der Waals surface area (Å²) in [4.78, 5) is 11.5. The molecule has 18 heavy (non-hydrogen) atoms. The van der Waals surface area contributed by atoms with Gasteiger partial charge in [-0.05, 0) is 31.1 Å². The lowest BCUT2D eigenvalue weighted by Crippen LogP contribution is -2.31. The predicted octanol–water partition coefficient (Wildman–Crippen LogP) is 5.54. The van der Waals surface area contributed by atoms with Crippen molar-refractivity contribution in [1.29, 1.82) is 0 Å². The lowest BCUT2D eigenvalue weighted by atomic mass is 9.67. The third kappa shape index (κ3) is 6.98. The number of hydrogen-bond donors (Lipinski definition) is 0. The number of carbonyl (C=O) groups excluding carboxylic acids is 1. The average molecular weight is 252 g/mol. The molecular formula is C17H32O. The maximum Gasteiger partial charge on any atom is 0.133 e. The maximum atomic E-state index is 11.5. The van der Waals surface area contributed by atoms with Crippen LogP contribution in [0.4, 0.5) is 0 Å². The number of allylic oxidation sites excluding steroid dienone is 1. The van der Waals surface area contributed by atoms with Crippen LogP contribution < -0.4 is 0 Å². The molecule has 0 aromatic carbocycles. The molecule has 0 aromatic rings. The lowest BCUT2D eigenvalue weighted by molar-refractivity contribution is -0.124. The van der Waals surface area contributed by atoms with Gasteiger partial charge in [-0.2, -0.15) is 0 Å². The highest BCUT2D eigenvalue weighted by molar-refractivity contribution is 5.79. The molecule has 1 unspecified atom stereocenters. The van der Waals surface area contributed by atoms with Crippen molar-refractivity contribution in [2.24, 2.45) is 11.3 Å². The molecule has 0 aliphatic heterocycles. The molecular weight excluding hydrogens is 220 g/mol. The van der Waals surface area contributed by atoms with E-state index in [4.69, 9.17) is 0 Å². The van der Waals surface area contributed by atoms with Gasteiger partial charge in [-0.1, -0.05) is 52.5 Å². The number of carbonyl (C=O) groups is 1. The summed E-state index contributed by atoms with van der Waals surface area (Å²) in [5.74, 6) is 1.14. The zero-order chi connectivity index (χ0) is 14.0. The molecule has 0 saturated heterocycles. The second kappa shape index (κ2) is 9.35. The van der Waals surface area contributed by atoms with Gasteiger partial charge in [0.1, 0.15) is 5.78 Å². The van der Waals surface area contributed by atoms with Gasteiger partial charge >= 0.3 is 0 Å². The van der Waals surface area contributed by atoms with Crippen LogP contribution in [0.25, 0.3) is 0 Å². The Morgan fingerprint density at radius 3 is 2.50 bits per heavy atom. The Bertz CT molecular complexity index is 240. The number of rotatable bonds is 5. The van der Waals surface area contributed by atoms with E-state index in [9.17, 15) is 4.79 Å². The van der Waals surface area contributed by atoms with Crippen molar-refractivity contribution < 1.29 is 4.79 Å². The van der Waals surface area contributed by atoms with Gasteiger partial charge in [0.2, 0.25) is 0 Å². The molecule has 0 spiro atoms. The maximum absolute atomic E-state index is 11.5. The fourth-order valence-electron chi connectivity index (χ4n) is 2.63. The Labute approximate surface area is 114 Å². The molecule has 1 heteroatoms. The Hall–Kier alpha value is -0.590. The van der Waals surface area contributed by atoms with Gasteiger partial charge in [-0.25, -0.2) is 0 Å². The van der Waals surface area contributed by atoms with E-state index in [1.807, 2.05) is 6.92 Å². The highest BCUT2D eigenvalue weighted by atomic mass is 16.1. The first kappa shape index (κ1) is 17.4. The Balaban J connectivity index is 0.000000873. The van der Waals surface area contributed by atoms with Crippen LogP contribution in [0, 0.1) is 11.3 Å². The molecule has 1 atom stereocenters. The summed E-state index contributed by atoms with van der Waals surface area (Å²) >= 11 is 0. The minimum absolute atomic E-state index is 0.403. The SMILES string of the molecule is C=CC.CCCCCCC1CC(=O)CCC1(C)C. The molecule has 1 fully saturated rings. The summed E-state index contributed by atoms with van der Waals surface area (Å²) in [6.07, 6.45) is 11.1. The molecule has 0 N–H and O–H groups in total. The largest absolute Gasteiger partial charge is 0.300 e. The van der Waals surface area contributed by atoms with E-state index >= 15 is 0 Å². The van der Waals surface area contributed by atoms with E-state index in [1.54, 1.807) is 6.08 Å². The number of hydrogen-bond acceptors (Lipinski definition) is 1. The molecule has 0 radical (unpaired) electrons. The van der Waals surface area contributed by atoms with Gasteiger partial charge in [-0.3, -0.25) is 4.79 Å². The molecule has 1 nitrogen and oxygen atoms in total. The molecule has 1 aliphatic carbocycles. The third-order valence-corrected chi connectivity index (χ3v) is 4.03. The van der Waals surface area contributed by atoms with Gasteiger partial charge in [0.15, 0.2) is 0 Å². The summed E-state index contributed by atoms with van der Waals surface area (Å²) in [5, 5.41) is 0. The average Bonchev–Trinajstić information content (AvgIpc) is 2.30. The third-order valence-electron chi connectivity index (χ3n) is 4.03. The first-order valence-corrected chi connectivity index (χ1v) is 7.56. The Kier molecular flexibility index (Phi) is 9.05. The van der Waals surface area contributed by atoms with Crippen molar-refractivity contribution >= 4 is 5.78 Å². The van der Waals surface area contributed by atoms with E-state index in [2.05, 4.69) is 27.4 Å². The van der Waals surface area contributed by atoms with Crippen LogP contribution in [0.1, 0.15) is 79.1 Å². The van der Waals surface area contributed by atoms with E-state index in [1.165, 1.54) is 32.1 Å². The van der Waals surface area contributed by atoms with Crippen molar-refractivity contribution in [3.8, 4) is 0 Å². The Morgan fingerprint density at radius 1 is 1.33 bits per heavy atom. The minimum atomic E-state index is 0.403. The topological polar surface area (TPSA) is 17.1 Å². The van der Waals surface area contributed by atoms with Gasteiger partial charge in [0.05, 0.1) is 0 Å². The first-order valence-electron chi connectivity index (χ1n) is 7.56. The van der Waals surface area contributed by atoms with Crippen LogP contribution >= 0.6 is 0 Å². The van der Waals surface area contributed by atoms with Crippen LogP contribution in [0.5, 0.6) is 0 Å². The molecule has 0 heterocycles. The van der Waals surface area contributed by atoms with E-state index in [0.717, 1.165) is 19.3 Å². The highest BCUT2D eigenvalue weighted by Gasteiger charge is 2.34. The van der Waals surface area contributed by atoms with E-state index in [-0.39, 0.29) is 0 Å². The van der Waals surface area contributed by atoms with E-state index in [0.29, 0.717) is 17.1 Å². The summed E-state index contributed by atoms with van der Waals surface area (Å²) in [6.45, 7) is 12.2. The zero-order valence-electron chi connectivity index (χ0n) is 12.9. The van der Waals surface area contributed by atoms with Crippen molar-refractivity contribution in [1.82, 2.24) is 0 Å². The second-order valence-corrected chi connectivity index (χ2v) is 6.19. The van der Waals surface area contributed by atoms with Crippen molar-refractivity contribution in [2.75, 3.05) is 0 Å². The minimum Gasteiger partial charge on any atom is -0.300 e. The smallest absolute Gasteiger partial charge is 0.133 e. The van der Waals surface area contributed by atoms with Crippen LogP contribution in [0.2, 0.25) is 0 Å². The first-order chi connectivity index (χ1) is 8.47. The van der Waals surface area contributed by atoms with Gasteiger partial charge in [0, 0.05) is 12.8 Å². The van der Waals surface area contributed by atoms with Crippen LogP contribution in [0.15, 0.2) is 12.7 Å². The van der Waals surface area contributed by atoms with Crippen LogP contribution in [0.3, 0.4) is 0 Å². The summed E-state index contributed by atoms with van der Waals surface area (Å²) < 4.78 is 0. The van der Waals surface area contributed by atoms with Gasteiger partial charge in [0.25, 0.3) is 0 Å². The summed E-state index contributed by atoms with van der Waals surface area (Å²) in [7, 11) is 0. The predicted molar refractivity (Wildman–Crippen MR) is 80.8 cm³/mol. The van der Waals surface area contributed by atoms with Gasteiger partial charge < -0.3 is 0 Å². The van der Waals surface area contributed by atoms with Crippen LogP contribution in [-0.2, 0) is 4.79 Å². The molecule has 1 saturated carbocycles. The molecule has 106 valence electrons. The van der Waals surface area contributed by atoms with Gasteiger partial charge in [-0.15, -0.1) is 6.58 Å². The van der Waals surface area contributed by atoms with E-state index < -0.39 is 0 Å². The monoisotopic (exact) mass is 252 g/mol. The fraction of sp³-hybridized carbons (Fsp3) is 0.824. The highest BCUT2D eigenvalue weighted by Crippen LogP contribution is 2.41. The summed E-state index contributed by atoms with van der Waals surface area (Å²) in [5.41, 5.74) is 0.403. The van der Waals surface area contributed by atoms with Crippen molar-refractivity contribution in [2.45, 2.75) is 79.1 Å². The van der Waals surface area contributed by atoms with Crippen molar-refractivity contribution in [3.05, 3.63) is 12.7 Å². The molecule has 0 bridgehead atoms. The zero-order valence-corrected chi connectivity index (χ0v) is 12.9. The fourth-order valence-corrected chi connectivity index (χ4v) is 2.63. The lowest BCUT2D eigenvalue weighted by Gasteiger charge is -2.38. The molecule has 1 aliphatic rings. The number of Topliss-reactive ketones (excluding diaryl/α,β-unsaturated/α-hetero) is 1. The Morgan fingerprint density at radius 2 is 1.94 bits per heavy atom. The molecule has 1 rings (SSSR count). The van der Waals surface area contributed by atoms with Crippen LogP contribution in [-0.4, -0.2) is 5.78 Å².